The van der Waals surface area contributed by atoms with E-state index in [1.165, 1.54) is 18.2 Å². The Morgan fingerprint density at radius 3 is 2.79 bits per heavy atom. The van der Waals surface area contributed by atoms with Crippen molar-refractivity contribution in [3.63, 3.8) is 0 Å². The van der Waals surface area contributed by atoms with Crippen molar-refractivity contribution < 1.29 is 12.8 Å². The minimum absolute atomic E-state index is 0.0139. The zero-order valence-electron chi connectivity index (χ0n) is 12.2. The Balaban J connectivity index is 1.80. The van der Waals surface area contributed by atoms with Crippen LogP contribution in [0.1, 0.15) is 0 Å². The molecule has 0 spiro atoms. The van der Waals surface area contributed by atoms with Crippen molar-refractivity contribution in [2.75, 3.05) is 4.72 Å². The van der Waals surface area contributed by atoms with Gasteiger partial charge in [-0.25, -0.2) is 13.2 Å². The van der Waals surface area contributed by atoms with E-state index in [4.69, 9.17) is 4.42 Å². The number of aromatic amines is 1. The normalized spacial score (nSPS) is 11.8. The Morgan fingerprint density at radius 2 is 1.92 bits per heavy atom. The van der Waals surface area contributed by atoms with Crippen LogP contribution < -0.4 is 10.5 Å². The van der Waals surface area contributed by atoms with Crippen molar-refractivity contribution in [1.29, 1.82) is 0 Å². The maximum absolute atomic E-state index is 12.6. The maximum atomic E-state index is 12.6. The van der Waals surface area contributed by atoms with Gasteiger partial charge >= 0.3 is 5.76 Å². The number of hydrogen-bond acceptors (Lipinski definition) is 5. The number of pyridine rings is 1. The number of rotatable bonds is 3. The van der Waals surface area contributed by atoms with Gasteiger partial charge in [0.2, 0.25) is 0 Å². The molecule has 4 rings (SSSR count). The van der Waals surface area contributed by atoms with Gasteiger partial charge in [0.25, 0.3) is 10.0 Å². The lowest BCUT2D eigenvalue weighted by Gasteiger charge is -2.10. The average molecular weight is 341 g/mol. The second kappa shape index (κ2) is 5.20. The van der Waals surface area contributed by atoms with Crippen LogP contribution in [-0.4, -0.2) is 18.4 Å². The number of hydrogen-bond donors (Lipinski definition) is 2. The molecule has 0 saturated heterocycles. The standard InChI is InChI=1S/C16H11N3O4S/c20-16-18-13-9-11(6-7-14(13)23-16)24(21,22)19-12-5-1-3-10-4-2-8-17-15(10)12/h1-9,19H,(H,18,20). The van der Waals surface area contributed by atoms with Gasteiger partial charge in [-0.15, -0.1) is 0 Å². The highest BCUT2D eigenvalue weighted by Crippen LogP contribution is 2.24. The van der Waals surface area contributed by atoms with Crippen molar-refractivity contribution in [2.45, 2.75) is 4.90 Å². The Hall–Kier alpha value is -3.13. The molecule has 4 aromatic rings. The molecule has 7 nitrogen and oxygen atoms in total. The Labute approximate surface area is 136 Å². The molecule has 2 aromatic carbocycles. The van der Waals surface area contributed by atoms with E-state index in [9.17, 15) is 13.2 Å². The van der Waals surface area contributed by atoms with Gasteiger partial charge in [-0.05, 0) is 30.3 Å². The maximum Gasteiger partial charge on any atom is 0.417 e. The largest absolute Gasteiger partial charge is 0.417 e. The van der Waals surface area contributed by atoms with E-state index >= 15 is 0 Å². The van der Waals surface area contributed by atoms with Crippen LogP contribution in [-0.2, 0) is 10.0 Å². The van der Waals surface area contributed by atoms with Crippen molar-refractivity contribution in [3.8, 4) is 0 Å². The van der Waals surface area contributed by atoms with Crippen molar-refractivity contribution >= 4 is 37.7 Å². The average Bonchev–Trinajstić information content (AvgIpc) is 2.94. The highest BCUT2D eigenvalue weighted by molar-refractivity contribution is 7.92. The number of nitrogens with zero attached hydrogens (tertiary/aromatic N) is 1. The van der Waals surface area contributed by atoms with Gasteiger partial charge in [0.05, 0.1) is 21.6 Å². The number of nitrogens with one attached hydrogen (secondary N) is 2. The molecule has 0 atom stereocenters. The summed E-state index contributed by atoms with van der Waals surface area (Å²) in [6.45, 7) is 0. The first-order valence-electron chi connectivity index (χ1n) is 7.02. The first-order valence-corrected chi connectivity index (χ1v) is 8.51. The molecular formula is C16H11N3O4S. The first-order chi connectivity index (χ1) is 11.5. The van der Waals surface area contributed by atoms with E-state index < -0.39 is 15.8 Å². The van der Waals surface area contributed by atoms with Crippen LogP contribution in [0.4, 0.5) is 5.69 Å². The summed E-state index contributed by atoms with van der Waals surface area (Å²) in [5.41, 5.74) is 1.56. The van der Waals surface area contributed by atoms with Gasteiger partial charge < -0.3 is 4.42 Å². The Kier molecular flexibility index (Phi) is 3.14. The van der Waals surface area contributed by atoms with Crippen molar-refractivity contribution in [3.05, 3.63) is 65.3 Å². The monoisotopic (exact) mass is 341 g/mol. The summed E-state index contributed by atoms with van der Waals surface area (Å²) in [5, 5.41) is 0.826. The molecule has 0 unspecified atom stereocenters. The molecule has 8 heteroatoms. The van der Waals surface area contributed by atoms with Gasteiger partial charge in [0, 0.05) is 11.6 Å². The van der Waals surface area contributed by atoms with Gasteiger partial charge in [-0.2, -0.15) is 0 Å². The quantitative estimate of drug-likeness (QED) is 0.595. The van der Waals surface area contributed by atoms with Crippen LogP contribution in [0.3, 0.4) is 0 Å². The van der Waals surface area contributed by atoms with E-state index in [-0.39, 0.29) is 4.90 Å². The molecule has 0 saturated carbocycles. The summed E-state index contributed by atoms with van der Waals surface area (Å²) in [5.74, 6) is -0.634. The fourth-order valence-electron chi connectivity index (χ4n) is 2.49. The topological polar surface area (TPSA) is 105 Å². The number of aromatic nitrogens is 2. The molecule has 0 fully saturated rings. The Morgan fingerprint density at radius 1 is 1.08 bits per heavy atom. The summed E-state index contributed by atoms with van der Waals surface area (Å²) in [6, 6.07) is 13.0. The molecule has 0 radical (unpaired) electrons. The predicted octanol–water partition coefficient (Wildman–Crippen LogP) is 2.47. The lowest BCUT2D eigenvalue weighted by molar-refractivity contribution is 0.555. The van der Waals surface area contributed by atoms with E-state index in [0.29, 0.717) is 22.3 Å². The molecule has 0 amide bonds. The zero-order valence-corrected chi connectivity index (χ0v) is 13.0. The molecule has 0 bridgehead atoms. The molecule has 2 aromatic heterocycles. The number of benzene rings is 2. The number of H-pyrrole nitrogens is 1. The fraction of sp³-hybridized carbons (Fsp3) is 0. The van der Waals surface area contributed by atoms with Crippen LogP contribution in [0.25, 0.3) is 22.0 Å². The van der Waals surface area contributed by atoms with E-state index in [1.54, 1.807) is 24.4 Å². The van der Waals surface area contributed by atoms with Crippen LogP contribution in [0.2, 0.25) is 0 Å². The van der Waals surface area contributed by atoms with Crippen LogP contribution in [0.5, 0.6) is 0 Å². The molecular weight excluding hydrogens is 330 g/mol. The van der Waals surface area contributed by atoms with Gasteiger partial charge in [0.15, 0.2) is 5.58 Å². The molecule has 2 N–H and O–H groups in total. The predicted molar refractivity (Wildman–Crippen MR) is 89.4 cm³/mol. The van der Waals surface area contributed by atoms with Crippen LogP contribution in [0, 0.1) is 0 Å². The molecule has 120 valence electrons. The second-order valence-electron chi connectivity index (χ2n) is 5.16. The number of para-hydroxylation sites is 1. The highest BCUT2D eigenvalue weighted by Gasteiger charge is 2.17. The number of anilines is 1. The van der Waals surface area contributed by atoms with Crippen LogP contribution in [0.15, 0.2) is 68.8 Å². The van der Waals surface area contributed by atoms with Crippen LogP contribution >= 0.6 is 0 Å². The summed E-state index contributed by atoms with van der Waals surface area (Å²) < 4.78 is 32.7. The second-order valence-corrected chi connectivity index (χ2v) is 6.84. The van der Waals surface area contributed by atoms with E-state index in [2.05, 4.69) is 14.7 Å². The third kappa shape index (κ3) is 2.42. The SMILES string of the molecule is O=c1[nH]c2cc(S(=O)(=O)Nc3cccc4cccnc34)ccc2o1. The lowest BCUT2D eigenvalue weighted by atomic mass is 10.2. The number of fused-ring (bicyclic) bond motifs is 2. The third-order valence-electron chi connectivity index (χ3n) is 3.58. The van der Waals surface area contributed by atoms with Crippen molar-refractivity contribution in [2.24, 2.45) is 0 Å². The molecule has 2 heterocycles. The lowest BCUT2D eigenvalue weighted by Crippen LogP contribution is -2.13. The zero-order chi connectivity index (χ0) is 16.7. The molecule has 24 heavy (non-hydrogen) atoms. The summed E-state index contributed by atoms with van der Waals surface area (Å²) in [6.07, 6.45) is 1.60. The van der Waals surface area contributed by atoms with Gasteiger partial charge in [0.1, 0.15) is 0 Å². The Bertz CT molecular complexity index is 1220. The van der Waals surface area contributed by atoms with Crippen molar-refractivity contribution in [1.82, 2.24) is 9.97 Å². The van der Waals surface area contributed by atoms with E-state index in [1.807, 2.05) is 12.1 Å². The highest BCUT2D eigenvalue weighted by atomic mass is 32.2. The smallest absolute Gasteiger partial charge is 0.408 e. The summed E-state index contributed by atoms with van der Waals surface area (Å²) in [7, 11) is -3.84. The molecule has 0 aliphatic heterocycles. The summed E-state index contributed by atoms with van der Waals surface area (Å²) in [4.78, 5) is 17.9. The van der Waals surface area contributed by atoms with Gasteiger partial charge in [-0.3, -0.25) is 14.7 Å². The van der Waals surface area contributed by atoms with Gasteiger partial charge in [-0.1, -0.05) is 18.2 Å². The van der Waals surface area contributed by atoms with E-state index in [0.717, 1.165) is 5.39 Å². The fourth-order valence-corrected chi connectivity index (χ4v) is 3.58. The third-order valence-corrected chi connectivity index (χ3v) is 4.94. The first kappa shape index (κ1) is 14.5. The minimum Gasteiger partial charge on any atom is -0.408 e. The molecule has 0 aliphatic rings. The molecule has 0 aliphatic carbocycles. The number of sulfonamides is 1. The summed E-state index contributed by atoms with van der Waals surface area (Å²) >= 11 is 0. The number of oxazole rings is 1. The minimum atomic E-state index is -3.84.